The summed E-state index contributed by atoms with van der Waals surface area (Å²) < 4.78 is 60.2. The summed E-state index contributed by atoms with van der Waals surface area (Å²) in [6.45, 7) is 7.05. The van der Waals surface area contributed by atoms with Crippen molar-refractivity contribution < 1.29 is 90.5 Å². The van der Waals surface area contributed by atoms with E-state index in [1.807, 2.05) is 0 Å². The van der Waals surface area contributed by atoms with Gasteiger partial charge < -0.3 is 52.1 Å². The molecule has 10 atom stereocenters. The van der Waals surface area contributed by atoms with E-state index >= 15 is 0 Å². The summed E-state index contributed by atoms with van der Waals surface area (Å²) in [5.74, 6) is -7.02. The Hall–Kier alpha value is -4.36. The quantitative estimate of drug-likeness (QED) is 0.181. The van der Waals surface area contributed by atoms with Gasteiger partial charge in [0.05, 0.1) is 0 Å². The fraction of sp³-hybridized carbons (Fsp3) is 0.714. The van der Waals surface area contributed by atoms with Gasteiger partial charge in [-0.1, -0.05) is 0 Å². The van der Waals surface area contributed by atoms with Crippen LogP contribution in [0.2, 0.25) is 0 Å². The molecule has 0 saturated carbocycles. The van der Waals surface area contributed by atoms with Gasteiger partial charge in [-0.05, 0) is 0 Å². The Kier molecular flexibility index (Phi) is 14.5. The normalized spacial score (nSPS) is 30.0. The molecule has 19 heteroatoms. The van der Waals surface area contributed by atoms with Crippen LogP contribution in [0, 0.1) is 0 Å². The molecule has 2 saturated heterocycles. The van der Waals surface area contributed by atoms with Gasteiger partial charge in [0.1, 0.15) is 31.5 Å². The molecule has 0 aromatic rings. The first-order chi connectivity index (χ1) is 21.9. The fourth-order valence-electron chi connectivity index (χ4n) is 4.73. The van der Waals surface area contributed by atoms with Crippen LogP contribution in [0.5, 0.6) is 0 Å². The zero-order valence-corrected chi connectivity index (χ0v) is 26.9. The average molecular weight is 679 g/mol. The van der Waals surface area contributed by atoms with Gasteiger partial charge in [-0.2, -0.15) is 0 Å². The van der Waals surface area contributed by atoms with Gasteiger partial charge in [0.25, 0.3) is 0 Å². The number of hydrogen-bond acceptors (Lipinski definition) is 19. The van der Waals surface area contributed by atoms with Crippen LogP contribution in [0.4, 0.5) is 0 Å². The highest BCUT2D eigenvalue weighted by Gasteiger charge is 2.58. The molecule has 264 valence electrons. The monoisotopic (exact) mass is 678 g/mol. The Balaban J connectivity index is 2.73. The molecule has 0 aromatic carbocycles. The molecule has 2 fully saturated rings. The van der Waals surface area contributed by atoms with Crippen molar-refractivity contribution in [3.8, 4) is 0 Å². The number of rotatable bonds is 12. The van der Waals surface area contributed by atoms with Gasteiger partial charge in [0, 0.05) is 55.4 Å². The zero-order chi connectivity index (χ0) is 35.6. The van der Waals surface area contributed by atoms with E-state index in [1.165, 1.54) is 0 Å². The maximum absolute atomic E-state index is 12.3. The largest absolute Gasteiger partial charge is 0.463 e. The highest BCUT2D eigenvalue weighted by atomic mass is 16.8. The summed E-state index contributed by atoms with van der Waals surface area (Å²) in [7, 11) is 0. The van der Waals surface area contributed by atoms with E-state index in [2.05, 4.69) is 0 Å². The van der Waals surface area contributed by atoms with Crippen LogP contribution in [-0.2, 0) is 90.5 Å². The summed E-state index contributed by atoms with van der Waals surface area (Å²) in [4.78, 5) is 96.3. The molecule has 2 aliphatic rings. The van der Waals surface area contributed by atoms with Crippen molar-refractivity contribution in [3.05, 3.63) is 0 Å². The minimum absolute atomic E-state index is 0.590. The van der Waals surface area contributed by atoms with Crippen LogP contribution >= 0.6 is 0 Å². The summed E-state index contributed by atoms with van der Waals surface area (Å²) in [6, 6.07) is 0. The lowest BCUT2D eigenvalue weighted by Gasteiger charge is -2.48. The van der Waals surface area contributed by atoms with Crippen molar-refractivity contribution in [1.82, 2.24) is 0 Å². The number of esters is 8. The molecule has 0 radical (unpaired) electrons. The number of ether oxygens (including phenoxy) is 11. The van der Waals surface area contributed by atoms with Gasteiger partial charge in [0.15, 0.2) is 30.7 Å². The molecule has 2 aliphatic heterocycles. The second-order valence-corrected chi connectivity index (χ2v) is 10.3. The third kappa shape index (κ3) is 12.1. The molecule has 0 aliphatic carbocycles. The van der Waals surface area contributed by atoms with E-state index < -0.39 is 122 Å². The van der Waals surface area contributed by atoms with Gasteiger partial charge in [-0.3, -0.25) is 38.4 Å². The highest BCUT2D eigenvalue weighted by molar-refractivity contribution is 5.70. The summed E-state index contributed by atoms with van der Waals surface area (Å²) in [5.41, 5.74) is 0. The first-order valence-electron chi connectivity index (χ1n) is 14.2. The van der Waals surface area contributed by atoms with E-state index in [9.17, 15) is 38.4 Å². The lowest BCUT2D eigenvalue weighted by Crippen LogP contribution is -2.67. The molecule has 19 nitrogen and oxygen atoms in total. The maximum Gasteiger partial charge on any atom is 0.305 e. The van der Waals surface area contributed by atoms with Crippen molar-refractivity contribution in [2.45, 2.75) is 117 Å². The van der Waals surface area contributed by atoms with Gasteiger partial charge in [0.2, 0.25) is 12.4 Å². The molecule has 0 bridgehead atoms. The van der Waals surface area contributed by atoms with E-state index in [-0.39, 0.29) is 0 Å². The minimum atomic E-state index is -1.83. The minimum Gasteiger partial charge on any atom is -0.463 e. The van der Waals surface area contributed by atoms with Crippen LogP contribution in [-0.4, -0.2) is 122 Å². The molecule has 0 N–H and O–H groups in total. The Morgan fingerprint density at radius 2 is 0.702 bits per heavy atom. The van der Waals surface area contributed by atoms with E-state index in [0.717, 1.165) is 55.4 Å². The molecule has 2 heterocycles. The van der Waals surface area contributed by atoms with Crippen LogP contribution in [0.1, 0.15) is 55.4 Å². The smallest absolute Gasteiger partial charge is 0.305 e. The Morgan fingerprint density at radius 3 is 1.11 bits per heavy atom. The second kappa shape index (κ2) is 17.5. The van der Waals surface area contributed by atoms with Crippen molar-refractivity contribution in [3.63, 3.8) is 0 Å². The van der Waals surface area contributed by atoms with Crippen LogP contribution in [0.15, 0.2) is 0 Å². The second-order valence-electron chi connectivity index (χ2n) is 10.3. The van der Waals surface area contributed by atoms with E-state index in [0.29, 0.717) is 0 Å². The Labute approximate surface area is 268 Å². The summed E-state index contributed by atoms with van der Waals surface area (Å²) >= 11 is 0. The van der Waals surface area contributed by atoms with Gasteiger partial charge >= 0.3 is 47.8 Å². The molecule has 4 unspecified atom stereocenters. The first-order valence-corrected chi connectivity index (χ1v) is 14.2. The van der Waals surface area contributed by atoms with Crippen LogP contribution in [0.3, 0.4) is 0 Å². The van der Waals surface area contributed by atoms with Crippen molar-refractivity contribution in [2.75, 3.05) is 13.2 Å². The Bertz CT molecular complexity index is 1200. The van der Waals surface area contributed by atoms with Crippen molar-refractivity contribution in [1.29, 1.82) is 0 Å². The molecule has 0 aromatic heterocycles. The zero-order valence-electron chi connectivity index (χ0n) is 26.9. The van der Waals surface area contributed by atoms with Gasteiger partial charge in [-0.15, -0.1) is 0 Å². The predicted molar refractivity (Wildman–Crippen MR) is 145 cm³/mol. The number of carbonyl (C=O) groups is 8. The van der Waals surface area contributed by atoms with E-state index in [1.54, 1.807) is 0 Å². The summed E-state index contributed by atoms with van der Waals surface area (Å²) in [5, 5.41) is 0. The topological polar surface area (TPSA) is 238 Å². The van der Waals surface area contributed by atoms with Gasteiger partial charge in [-0.25, -0.2) is 0 Å². The third-order valence-corrected chi connectivity index (χ3v) is 6.17. The Morgan fingerprint density at radius 1 is 0.383 bits per heavy atom. The molecule has 0 spiro atoms. The van der Waals surface area contributed by atoms with E-state index in [4.69, 9.17) is 52.1 Å². The average Bonchev–Trinajstić information content (AvgIpc) is 2.91. The van der Waals surface area contributed by atoms with Crippen molar-refractivity contribution >= 4 is 47.8 Å². The molecule has 0 amide bonds. The molecular formula is C28H38O19. The molecular weight excluding hydrogens is 640 g/mol. The molecule has 2 rings (SSSR count). The SMILES string of the molecule is CC(=O)OCC1O[C@H](OC(C)=O)C(OC(C)=O)[C@@H](OC(C)=O)[C@@H]1O[C@@H]1OC(COC(C)=O)[C@H](OC(C)=O)[C@H](OC(C)=O)C1OC(C)=O. The highest BCUT2D eigenvalue weighted by Crippen LogP contribution is 2.35. The fourth-order valence-corrected chi connectivity index (χ4v) is 4.73. The maximum atomic E-state index is 12.3. The number of carbonyl (C=O) groups excluding carboxylic acids is 8. The predicted octanol–water partition coefficient (Wildman–Crippen LogP) is -0.831. The standard InChI is InChI=1S/C28H38O19/c1-11(29)37-9-19-21(39-13(3)31)23(40-14(4)32)26(43-17(7)35)28(46-19)47-22-20(10-38-12(2)30)45-27(44-18(8)36)25(42-16(6)34)24(22)41-15(5)33/h19-28H,9-10H2,1-8H3/t19?,20?,21-,22+,23-,24-,25?,26?,27-,28-/m0/s1. The molecule has 47 heavy (non-hydrogen) atoms. The van der Waals surface area contributed by atoms with Crippen LogP contribution in [0.25, 0.3) is 0 Å². The van der Waals surface area contributed by atoms with Crippen molar-refractivity contribution in [2.24, 2.45) is 0 Å². The lowest BCUT2D eigenvalue weighted by atomic mass is 9.96. The first kappa shape index (κ1) is 38.8. The lowest BCUT2D eigenvalue weighted by molar-refractivity contribution is -0.357. The number of hydrogen-bond donors (Lipinski definition) is 0. The van der Waals surface area contributed by atoms with Crippen LogP contribution < -0.4 is 0 Å². The third-order valence-electron chi connectivity index (χ3n) is 6.17. The summed E-state index contributed by atoms with van der Waals surface area (Å²) in [6.07, 6.45) is -16.3.